The average Bonchev–Trinajstić information content (AvgIpc) is 2.86. The summed E-state index contributed by atoms with van der Waals surface area (Å²) in [4.78, 5) is 27.2. The van der Waals surface area contributed by atoms with Crippen LogP contribution in [0.1, 0.15) is 18.9 Å². The van der Waals surface area contributed by atoms with E-state index in [-0.39, 0.29) is 17.5 Å². The minimum absolute atomic E-state index is 0.269. The Morgan fingerprint density at radius 2 is 1.85 bits per heavy atom. The number of anilines is 1. The smallest absolute Gasteiger partial charge is 0.278 e. The summed E-state index contributed by atoms with van der Waals surface area (Å²) in [6.07, 6.45) is 0.695. The molecule has 0 fully saturated rings. The van der Waals surface area contributed by atoms with E-state index in [9.17, 15) is 9.59 Å². The van der Waals surface area contributed by atoms with E-state index >= 15 is 0 Å². The molecule has 2 aromatic carbocycles. The van der Waals surface area contributed by atoms with Crippen LogP contribution in [0, 0.1) is 0 Å². The normalized spacial score (nSPS) is 14.2. The molecule has 2 amide bonds. The number of carbonyl (C=O) groups is 2. The van der Waals surface area contributed by atoms with Crippen LogP contribution >= 0.6 is 15.9 Å². The molecular formula is C20H19BrN2O3. The van der Waals surface area contributed by atoms with Gasteiger partial charge in [0.25, 0.3) is 11.8 Å². The summed E-state index contributed by atoms with van der Waals surface area (Å²) in [6, 6.07) is 14.7. The van der Waals surface area contributed by atoms with Crippen molar-refractivity contribution in [2.75, 3.05) is 19.0 Å². The summed E-state index contributed by atoms with van der Waals surface area (Å²) in [6.45, 7) is 2.31. The van der Waals surface area contributed by atoms with Crippen LogP contribution in [0.15, 0.2) is 58.7 Å². The van der Waals surface area contributed by atoms with Gasteiger partial charge in [-0.15, -0.1) is 0 Å². The number of benzene rings is 2. The fraction of sp³-hybridized carbons (Fsp3) is 0.200. The van der Waals surface area contributed by atoms with Crippen LogP contribution in [0.25, 0.3) is 5.57 Å². The lowest BCUT2D eigenvalue weighted by atomic mass is 10.0. The van der Waals surface area contributed by atoms with Crippen molar-refractivity contribution in [3.63, 3.8) is 0 Å². The Kier molecular flexibility index (Phi) is 5.42. The fourth-order valence-corrected chi connectivity index (χ4v) is 3.33. The molecule has 1 heterocycles. The molecule has 5 nitrogen and oxygen atoms in total. The second-order valence-electron chi connectivity index (χ2n) is 5.85. The maximum Gasteiger partial charge on any atom is 0.278 e. The number of hydrogen-bond acceptors (Lipinski definition) is 4. The third kappa shape index (κ3) is 3.37. The zero-order valence-corrected chi connectivity index (χ0v) is 16.2. The van der Waals surface area contributed by atoms with Gasteiger partial charge in [0.15, 0.2) is 0 Å². The van der Waals surface area contributed by atoms with Gasteiger partial charge < -0.3 is 10.1 Å². The molecule has 134 valence electrons. The summed E-state index contributed by atoms with van der Waals surface area (Å²) in [5.41, 5.74) is 1.93. The topological polar surface area (TPSA) is 58.6 Å². The molecule has 2 aromatic rings. The standard InChI is InChI=1S/C20H19BrN2O3/c1-3-11-23-19(24)17(15-9-4-5-10-16(15)26-2)18(20(23)25)22-14-8-6-7-13(21)12-14/h4-10,12,22H,3,11H2,1-2H3. The lowest BCUT2D eigenvalue weighted by molar-refractivity contribution is -0.136. The highest BCUT2D eigenvalue weighted by molar-refractivity contribution is 9.10. The number of ether oxygens (including phenoxy) is 1. The summed E-state index contributed by atoms with van der Waals surface area (Å²) < 4.78 is 6.28. The lowest BCUT2D eigenvalue weighted by Crippen LogP contribution is -2.33. The van der Waals surface area contributed by atoms with Crippen LogP contribution in [0.3, 0.4) is 0 Å². The highest BCUT2D eigenvalue weighted by atomic mass is 79.9. The molecule has 6 heteroatoms. The number of hydrogen-bond donors (Lipinski definition) is 1. The van der Waals surface area contributed by atoms with Crippen molar-refractivity contribution in [1.82, 2.24) is 4.90 Å². The summed E-state index contributed by atoms with van der Waals surface area (Å²) in [7, 11) is 1.55. The second-order valence-corrected chi connectivity index (χ2v) is 6.76. The van der Waals surface area contributed by atoms with Crippen LogP contribution in [0.2, 0.25) is 0 Å². The average molecular weight is 415 g/mol. The highest BCUT2D eigenvalue weighted by Crippen LogP contribution is 2.35. The molecule has 0 radical (unpaired) electrons. The summed E-state index contributed by atoms with van der Waals surface area (Å²) in [5, 5.41) is 3.13. The first-order chi connectivity index (χ1) is 12.6. The number of halogens is 1. The van der Waals surface area contributed by atoms with E-state index in [1.807, 2.05) is 43.3 Å². The van der Waals surface area contributed by atoms with Gasteiger partial charge in [-0.25, -0.2) is 0 Å². The van der Waals surface area contributed by atoms with Gasteiger partial charge >= 0.3 is 0 Å². The molecule has 0 unspecified atom stereocenters. The molecule has 1 N–H and O–H groups in total. The van der Waals surface area contributed by atoms with Crippen LogP contribution < -0.4 is 10.1 Å². The summed E-state index contributed by atoms with van der Waals surface area (Å²) in [5.74, 6) is -0.0767. The molecule has 0 aromatic heterocycles. The number of nitrogens with one attached hydrogen (secondary N) is 1. The first-order valence-electron chi connectivity index (χ1n) is 8.33. The Balaban J connectivity index is 2.13. The monoisotopic (exact) mass is 414 g/mol. The molecule has 3 rings (SSSR count). The van der Waals surface area contributed by atoms with Gasteiger partial charge in [-0.3, -0.25) is 14.5 Å². The maximum atomic E-state index is 13.0. The zero-order valence-electron chi connectivity index (χ0n) is 14.6. The van der Waals surface area contributed by atoms with Gasteiger partial charge in [0.1, 0.15) is 11.4 Å². The molecule has 1 aliphatic rings. The number of rotatable bonds is 6. The molecule has 0 saturated carbocycles. The van der Waals surface area contributed by atoms with Crippen LogP contribution in [-0.4, -0.2) is 30.4 Å². The van der Waals surface area contributed by atoms with Crippen LogP contribution in [0.4, 0.5) is 5.69 Å². The van der Waals surface area contributed by atoms with Gasteiger partial charge in [-0.2, -0.15) is 0 Å². The van der Waals surface area contributed by atoms with E-state index < -0.39 is 0 Å². The maximum absolute atomic E-state index is 13.0. The van der Waals surface area contributed by atoms with Crippen molar-refractivity contribution >= 4 is 39.0 Å². The quantitative estimate of drug-likeness (QED) is 0.723. The van der Waals surface area contributed by atoms with Crippen LogP contribution in [-0.2, 0) is 9.59 Å². The Morgan fingerprint density at radius 1 is 1.08 bits per heavy atom. The third-order valence-corrected chi connectivity index (χ3v) is 4.58. The fourth-order valence-electron chi connectivity index (χ4n) is 2.93. The Morgan fingerprint density at radius 3 is 2.54 bits per heavy atom. The van der Waals surface area contributed by atoms with Crippen molar-refractivity contribution in [2.45, 2.75) is 13.3 Å². The molecule has 0 spiro atoms. The number of imide groups is 1. The second kappa shape index (κ2) is 7.74. The van der Waals surface area contributed by atoms with Gasteiger partial charge in [-0.05, 0) is 30.7 Å². The number of para-hydroxylation sites is 1. The molecule has 0 aliphatic carbocycles. The van der Waals surface area contributed by atoms with E-state index in [1.165, 1.54) is 4.90 Å². The summed E-state index contributed by atoms with van der Waals surface area (Å²) >= 11 is 3.42. The van der Waals surface area contributed by atoms with Gasteiger partial charge in [-0.1, -0.05) is 47.1 Å². The van der Waals surface area contributed by atoms with Gasteiger partial charge in [0.05, 0.1) is 12.7 Å². The Labute approximate surface area is 160 Å². The van der Waals surface area contributed by atoms with Gasteiger partial charge in [0, 0.05) is 22.3 Å². The van der Waals surface area contributed by atoms with E-state index in [4.69, 9.17) is 4.74 Å². The number of carbonyl (C=O) groups excluding carboxylic acids is 2. The number of amides is 2. The number of nitrogens with zero attached hydrogens (tertiary/aromatic N) is 1. The van der Waals surface area contributed by atoms with Crippen molar-refractivity contribution in [1.29, 1.82) is 0 Å². The molecular weight excluding hydrogens is 396 g/mol. The van der Waals surface area contributed by atoms with Crippen molar-refractivity contribution in [2.24, 2.45) is 0 Å². The van der Waals surface area contributed by atoms with Crippen molar-refractivity contribution < 1.29 is 14.3 Å². The Bertz CT molecular complexity index is 892. The predicted molar refractivity (Wildman–Crippen MR) is 105 cm³/mol. The van der Waals surface area contributed by atoms with Crippen molar-refractivity contribution in [3.05, 3.63) is 64.3 Å². The number of methoxy groups -OCH3 is 1. The largest absolute Gasteiger partial charge is 0.496 e. The molecule has 26 heavy (non-hydrogen) atoms. The molecule has 1 aliphatic heterocycles. The van der Waals surface area contributed by atoms with E-state index in [1.54, 1.807) is 19.2 Å². The zero-order chi connectivity index (χ0) is 18.7. The van der Waals surface area contributed by atoms with Crippen LogP contribution in [0.5, 0.6) is 5.75 Å². The Hall–Kier alpha value is -2.60. The van der Waals surface area contributed by atoms with Crippen molar-refractivity contribution in [3.8, 4) is 5.75 Å². The van der Waals surface area contributed by atoms with E-state index in [0.717, 1.165) is 10.2 Å². The minimum atomic E-state index is -0.322. The first kappa shape index (κ1) is 18.2. The lowest BCUT2D eigenvalue weighted by Gasteiger charge is -2.14. The minimum Gasteiger partial charge on any atom is -0.496 e. The van der Waals surface area contributed by atoms with E-state index in [0.29, 0.717) is 29.9 Å². The molecule has 0 saturated heterocycles. The van der Waals surface area contributed by atoms with Gasteiger partial charge in [0.2, 0.25) is 0 Å². The molecule has 0 atom stereocenters. The van der Waals surface area contributed by atoms with E-state index in [2.05, 4.69) is 21.2 Å². The highest BCUT2D eigenvalue weighted by Gasteiger charge is 2.39. The predicted octanol–water partition coefficient (Wildman–Crippen LogP) is 4.06. The molecule has 0 bridgehead atoms. The SMILES string of the molecule is CCCN1C(=O)C(Nc2cccc(Br)c2)=C(c2ccccc2OC)C1=O. The third-order valence-electron chi connectivity index (χ3n) is 4.09. The first-order valence-corrected chi connectivity index (χ1v) is 9.12.